The number of hydrogen-bond acceptors (Lipinski definition) is 4. The molecule has 0 aromatic heterocycles. The highest BCUT2D eigenvalue weighted by molar-refractivity contribution is 5.77. The normalized spacial score (nSPS) is 25.2. The summed E-state index contributed by atoms with van der Waals surface area (Å²) in [6, 6.07) is 0. The van der Waals surface area contributed by atoms with Gasteiger partial charge in [0.1, 0.15) is 0 Å². The van der Waals surface area contributed by atoms with Crippen molar-refractivity contribution < 1.29 is 19.1 Å². The zero-order chi connectivity index (χ0) is 13.1. The van der Waals surface area contributed by atoms with Crippen LogP contribution in [0.1, 0.15) is 40.5 Å². The van der Waals surface area contributed by atoms with Gasteiger partial charge in [-0.1, -0.05) is 20.8 Å². The van der Waals surface area contributed by atoms with Crippen LogP contribution in [0.25, 0.3) is 0 Å². The molecule has 0 bridgehead atoms. The first kappa shape index (κ1) is 14.0. The maximum Gasteiger partial charge on any atom is 0.309 e. The Bertz CT molecular complexity index is 296. The van der Waals surface area contributed by atoms with Crippen molar-refractivity contribution in [1.82, 2.24) is 0 Å². The highest BCUT2D eigenvalue weighted by atomic mass is 16.5. The molecule has 2 atom stereocenters. The number of esters is 2. The summed E-state index contributed by atoms with van der Waals surface area (Å²) < 4.78 is 10.2. The second kappa shape index (κ2) is 5.52. The van der Waals surface area contributed by atoms with Gasteiger partial charge in [0.05, 0.1) is 19.1 Å². The Morgan fingerprint density at radius 1 is 1.18 bits per heavy atom. The fraction of sp³-hybridized carbons (Fsp3) is 0.846. The second-order valence-corrected chi connectivity index (χ2v) is 5.09. The molecule has 98 valence electrons. The second-order valence-electron chi connectivity index (χ2n) is 5.09. The molecule has 1 aliphatic rings. The predicted octanol–water partition coefficient (Wildman–Crippen LogP) is 2.17. The molecule has 1 saturated carbocycles. The SMILES string of the molecule is CCCC(=O)OCC1C(C(=O)OCC)C1(C)C. The third-order valence-corrected chi connectivity index (χ3v) is 3.47. The molecule has 1 rings (SSSR count). The molecule has 0 N–H and O–H groups in total. The molecule has 0 aliphatic heterocycles. The van der Waals surface area contributed by atoms with Crippen LogP contribution < -0.4 is 0 Å². The zero-order valence-electron chi connectivity index (χ0n) is 11.1. The molecular formula is C13H22O4. The molecule has 1 fully saturated rings. The zero-order valence-corrected chi connectivity index (χ0v) is 11.1. The Kier molecular flexibility index (Phi) is 4.54. The number of rotatable bonds is 6. The molecule has 2 unspecified atom stereocenters. The molecule has 17 heavy (non-hydrogen) atoms. The van der Waals surface area contributed by atoms with E-state index in [4.69, 9.17) is 9.47 Å². The Hall–Kier alpha value is -1.06. The summed E-state index contributed by atoms with van der Waals surface area (Å²) in [7, 11) is 0. The van der Waals surface area contributed by atoms with E-state index < -0.39 is 0 Å². The van der Waals surface area contributed by atoms with Crippen molar-refractivity contribution in [2.24, 2.45) is 17.3 Å². The molecule has 0 saturated heterocycles. The van der Waals surface area contributed by atoms with Crippen LogP contribution in [-0.2, 0) is 19.1 Å². The standard InChI is InChI=1S/C13H22O4/c1-5-7-10(14)17-8-9-11(13(9,3)4)12(15)16-6-2/h9,11H,5-8H2,1-4H3. The molecule has 0 aromatic carbocycles. The van der Waals surface area contributed by atoms with Gasteiger partial charge in [0.25, 0.3) is 0 Å². The summed E-state index contributed by atoms with van der Waals surface area (Å²) >= 11 is 0. The molecule has 0 radical (unpaired) electrons. The lowest BCUT2D eigenvalue weighted by Crippen LogP contribution is -2.12. The number of hydrogen-bond donors (Lipinski definition) is 0. The monoisotopic (exact) mass is 242 g/mol. The van der Waals surface area contributed by atoms with Crippen molar-refractivity contribution in [3.05, 3.63) is 0 Å². The van der Waals surface area contributed by atoms with Crippen LogP contribution in [0.3, 0.4) is 0 Å². The van der Waals surface area contributed by atoms with Crippen LogP contribution in [0.4, 0.5) is 0 Å². The Morgan fingerprint density at radius 2 is 1.82 bits per heavy atom. The summed E-state index contributed by atoms with van der Waals surface area (Å²) in [5.74, 6) is -0.383. The summed E-state index contributed by atoms with van der Waals surface area (Å²) in [5, 5.41) is 0. The van der Waals surface area contributed by atoms with Gasteiger partial charge in [0.2, 0.25) is 0 Å². The van der Waals surface area contributed by atoms with Crippen molar-refractivity contribution in [1.29, 1.82) is 0 Å². The average Bonchev–Trinajstić information content (AvgIpc) is 2.78. The van der Waals surface area contributed by atoms with Gasteiger partial charge in [-0.05, 0) is 18.8 Å². The summed E-state index contributed by atoms with van der Waals surface area (Å²) in [5.41, 5.74) is -0.112. The van der Waals surface area contributed by atoms with E-state index >= 15 is 0 Å². The minimum absolute atomic E-state index is 0.0994. The first-order valence-corrected chi connectivity index (χ1v) is 6.27. The largest absolute Gasteiger partial charge is 0.466 e. The Labute approximate surface area is 103 Å². The van der Waals surface area contributed by atoms with E-state index in [1.54, 1.807) is 6.92 Å². The van der Waals surface area contributed by atoms with E-state index in [2.05, 4.69) is 0 Å². The van der Waals surface area contributed by atoms with Crippen LogP contribution in [0.15, 0.2) is 0 Å². The van der Waals surface area contributed by atoms with Crippen LogP contribution in [0.2, 0.25) is 0 Å². The molecule has 4 nitrogen and oxygen atoms in total. The summed E-state index contributed by atoms with van der Waals surface area (Å²) in [4.78, 5) is 22.9. The molecule has 0 spiro atoms. The Balaban J connectivity index is 2.40. The first-order valence-electron chi connectivity index (χ1n) is 6.27. The van der Waals surface area contributed by atoms with Gasteiger partial charge in [-0.25, -0.2) is 0 Å². The molecule has 0 aromatic rings. The van der Waals surface area contributed by atoms with Gasteiger partial charge in [0, 0.05) is 12.3 Å². The van der Waals surface area contributed by atoms with Crippen LogP contribution in [0.5, 0.6) is 0 Å². The summed E-state index contributed by atoms with van der Waals surface area (Å²) in [6.45, 7) is 8.47. The third kappa shape index (κ3) is 3.20. The smallest absolute Gasteiger partial charge is 0.309 e. The van der Waals surface area contributed by atoms with E-state index in [0.717, 1.165) is 6.42 Å². The molecule has 1 aliphatic carbocycles. The lowest BCUT2D eigenvalue weighted by molar-refractivity contribution is -0.148. The highest BCUT2D eigenvalue weighted by Gasteiger charge is 2.63. The van der Waals surface area contributed by atoms with E-state index in [1.165, 1.54) is 0 Å². The van der Waals surface area contributed by atoms with Crippen LogP contribution in [-0.4, -0.2) is 25.2 Å². The first-order chi connectivity index (χ1) is 7.95. The van der Waals surface area contributed by atoms with E-state index in [9.17, 15) is 9.59 Å². The third-order valence-electron chi connectivity index (χ3n) is 3.47. The highest BCUT2D eigenvalue weighted by Crippen LogP contribution is 2.58. The van der Waals surface area contributed by atoms with Crippen molar-refractivity contribution in [2.75, 3.05) is 13.2 Å². The van der Waals surface area contributed by atoms with Gasteiger partial charge in [-0.2, -0.15) is 0 Å². The van der Waals surface area contributed by atoms with Crippen LogP contribution in [0, 0.1) is 17.3 Å². The van der Waals surface area contributed by atoms with Gasteiger partial charge in [-0.15, -0.1) is 0 Å². The van der Waals surface area contributed by atoms with Gasteiger partial charge < -0.3 is 9.47 Å². The minimum atomic E-state index is -0.183. The predicted molar refractivity (Wildman–Crippen MR) is 63.3 cm³/mol. The minimum Gasteiger partial charge on any atom is -0.466 e. The van der Waals surface area contributed by atoms with Crippen molar-refractivity contribution >= 4 is 11.9 Å². The molecular weight excluding hydrogens is 220 g/mol. The maximum atomic E-state index is 11.6. The lowest BCUT2D eigenvalue weighted by atomic mass is 10.1. The van der Waals surface area contributed by atoms with Crippen molar-refractivity contribution in [2.45, 2.75) is 40.5 Å². The van der Waals surface area contributed by atoms with Crippen molar-refractivity contribution in [3.8, 4) is 0 Å². The Morgan fingerprint density at radius 3 is 2.35 bits per heavy atom. The maximum absolute atomic E-state index is 11.6. The lowest BCUT2D eigenvalue weighted by Gasteiger charge is -2.04. The fourth-order valence-corrected chi connectivity index (χ4v) is 2.21. The fourth-order valence-electron chi connectivity index (χ4n) is 2.21. The van der Waals surface area contributed by atoms with Crippen LogP contribution >= 0.6 is 0 Å². The molecule has 0 heterocycles. The van der Waals surface area contributed by atoms with Gasteiger partial charge in [-0.3, -0.25) is 9.59 Å². The van der Waals surface area contributed by atoms with Crippen molar-refractivity contribution in [3.63, 3.8) is 0 Å². The average molecular weight is 242 g/mol. The molecule has 4 heteroatoms. The quantitative estimate of drug-likeness (QED) is 0.670. The van der Waals surface area contributed by atoms with E-state index in [-0.39, 0.29) is 29.2 Å². The van der Waals surface area contributed by atoms with E-state index in [1.807, 2.05) is 20.8 Å². The topological polar surface area (TPSA) is 52.6 Å². The number of ether oxygens (including phenoxy) is 2. The molecule has 0 amide bonds. The number of carbonyl (C=O) groups excluding carboxylic acids is 2. The summed E-state index contributed by atoms with van der Waals surface area (Å²) in [6.07, 6.45) is 1.23. The van der Waals surface area contributed by atoms with Gasteiger partial charge >= 0.3 is 11.9 Å². The van der Waals surface area contributed by atoms with Gasteiger partial charge in [0.15, 0.2) is 0 Å². The number of carbonyl (C=O) groups is 2. The van der Waals surface area contributed by atoms with E-state index in [0.29, 0.717) is 19.6 Å².